The van der Waals surface area contributed by atoms with Gasteiger partial charge in [-0.05, 0) is 85.4 Å². The Morgan fingerprint density at radius 1 is 1.06 bits per heavy atom. The predicted molar refractivity (Wildman–Crippen MR) is 245 cm³/mol. The minimum absolute atomic E-state index is 0.0637. The molecule has 7 atom stereocenters. The van der Waals surface area contributed by atoms with Crippen LogP contribution in [0.2, 0.25) is 5.02 Å². The average Bonchev–Trinajstić information content (AvgIpc) is 3.57. The number of piperazine rings is 1. The summed E-state index contributed by atoms with van der Waals surface area (Å²) < 4.78 is 54.3. The van der Waals surface area contributed by atoms with Crippen LogP contribution in [0, 0.1) is 17.8 Å². The smallest absolute Gasteiger partial charge is 0.286 e. The summed E-state index contributed by atoms with van der Waals surface area (Å²) in [4.78, 5) is 35.7. The molecule has 4 aliphatic heterocycles. The average molecular weight is 921 g/mol. The van der Waals surface area contributed by atoms with E-state index >= 15 is 4.21 Å². The molecule has 6 aliphatic rings. The van der Waals surface area contributed by atoms with Crippen molar-refractivity contribution in [2.24, 2.45) is 29.2 Å². The van der Waals surface area contributed by atoms with Crippen LogP contribution in [0.3, 0.4) is 0 Å². The number of halogens is 1. The van der Waals surface area contributed by atoms with Crippen molar-refractivity contribution in [1.82, 2.24) is 24.3 Å². The van der Waals surface area contributed by atoms with Gasteiger partial charge in [0.25, 0.3) is 11.8 Å². The van der Waals surface area contributed by atoms with Crippen molar-refractivity contribution < 1.29 is 37.5 Å². The lowest BCUT2D eigenvalue weighted by Crippen LogP contribution is -2.56. The first kappa shape index (κ1) is 45.1. The quantitative estimate of drug-likeness (QED) is 0.283. The lowest BCUT2D eigenvalue weighted by molar-refractivity contribution is -0.0786. The second-order valence-electron chi connectivity index (χ2n) is 18.6. The molecule has 1 aromatic heterocycles. The number of benzene rings is 2. The highest BCUT2D eigenvalue weighted by Crippen LogP contribution is 2.47. The number of aryl methyl sites for hydroxylation is 2. The molecule has 2 amide bonds. The van der Waals surface area contributed by atoms with Crippen molar-refractivity contribution in [2.45, 2.75) is 62.7 Å². The van der Waals surface area contributed by atoms with E-state index in [4.69, 9.17) is 35.3 Å². The van der Waals surface area contributed by atoms with Crippen LogP contribution in [0.5, 0.6) is 11.6 Å². The first-order chi connectivity index (χ1) is 30.9. The summed E-state index contributed by atoms with van der Waals surface area (Å²) in [6.07, 6.45) is 9.85. The third-order valence-electron chi connectivity index (χ3n) is 14.4. The van der Waals surface area contributed by atoms with Crippen molar-refractivity contribution in [3.63, 3.8) is 0 Å². The van der Waals surface area contributed by atoms with Crippen LogP contribution >= 0.6 is 11.6 Å². The maximum atomic E-state index is 15.3. The van der Waals surface area contributed by atoms with Gasteiger partial charge >= 0.3 is 0 Å². The van der Waals surface area contributed by atoms with Crippen LogP contribution in [0.15, 0.2) is 59.1 Å². The molecule has 5 heterocycles. The first-order valence-electron chi connectivity index (χ1n) is 22.8. The van der Waals surface area contributed by atoms with Gasteiger partial charge in [-0.3, -0.25) is 28.8 Å². The zero-order valence-electron chi connectivity index (χ0n) is 37.4. The van der Waals surface area contributed by atoms with E-state index in [0.717, 1.165) is 95.3 Å². The highest BCUT2D eigenvalue weighted by molar-refractivity contribution is 7.92. The molecular formula is C47H62ClN7O8S. The molecular weight excluding hydrogens is 858 g/mol. The van der Waals surface area contributed by atoms with E-state index in [-0.39, 0.29) is 40.2 Å². The van der Waals surface area contributed by atoms with Gasteiger partial charge in [-0.25, -0.2) is 4.21 Å². The second-order valence-corrected chi connectivity index (χ2v) is 21.1. The fourth-order valence-corrected chi connectivity index (χ4v) is 12.7. The molecule has 1 N–H and O–H groups in total. The Hall–Kier alpha value is -4.03. The zero-order chi connectivity index (χ0) is 44.6. The van der Waals surface area contributed by atoms with E-state index < -0.39 is 33.8 Å². The van der Waals surface area contributed by atoms with E-state index in [1.807, 2.05) is 31.2 Å². The van der Waals surface area contributed by atoms with Gasteiger partial charge in [-0.2, -0.15) is 0 Å². The number of carbonyl (C=O) groups excluding carboxylic acids is 2. The SMILES string of the molecule is COc1nn(C)cc1C(=O)NS1(=O)=NC(=O)c2ccc3c(c2)N(C[C@@H]2CC[C@H]2[C@@H](OC)/C=C\[C@H](OCCN2CCN(C4COC4)CC2)[C@H](C)C1)C[C@@]1(CCCc2cc(Cl)ccc21)CO3. The number of anilines is 1. The molecule has 2 saturated heterocycles. The number of amides is 2. The molecule has 3 fully saturated rings. The number of nitrogens with one attached hydrogen (secondary N) is 1. The molecule has 1 spiro atoms. The Morgan fingerprint density at radius 2 is 1.88 bits per heavy atom. The van der Waals surface area contributed by atoms with E-state index in [1.54, 1.807) is 20.2 Å². The monoisotopic (exact) mass is 919 g/mol. The van der Waals surface area contributed by atoms with Gasteiger partial charge in [0, 0.05) is 88.1 Å². The summed E-state index contributed by atoms with van der Waals surface area (Å²) in [5, 5.41) is 4.95. The topological polar surface area (TPSA) is 149 Å². The van der Waals surface area contributed by atoms with Crippen molar-refractivity contribution >= 4 is 39.0 Å². The summed E-state index contributed by atoms with van der Waals surface area (Å²) in [6.45, 7) is 10.5. The Morgan fingerprint density at radius 3 is 2.61 bits per heavy atom. The maximum Gasteiger partial charge on any atom is 0.286 e. The van der Waals surface area contributed by atoms with Crippen LogP contribution in [0.25, 0.3) is 0 Å². The first-order valence-corrected chi connectivity index (χ1v) is 24.9. The molecule has 1 saturated carbocycles. The van der Waals surface area contributed by atoms with Gasteiger partial charge < -0.3 is 28.6 Å². The summed E-state index contributed by atoms with van der Waals surface area (Å²) in [5.41, 5.74) is 3.30. The summed E-state index contributed by atoms with van der Waals surface area (Å²) >= 11 is 6.52. The molecule has 9 rings (SSSR count). The van der Waals surface area contributed by atoms with Gasteiger partial charge in [0.1, 0.15) is 21.2 Å². The molecule has 3 aromatic rings. The molecule has 17 heteroatoms. The summed E-state index contributed by atoms with van der Waals surface area (Å²) in [7, 11) is 1.04. The van der Waals surface area contributed by atoms with E-state index in [2.05, 4.69) is 47.1 Å². The zero-order valence-corrected chi connectivity index (χ0v) is 39.0. The van der Waals surface area contributed by atoms with E-state index in [9.17, 15) is 9.59 Å². The summed E-state index contributed by atoms with van der Waals surface area (Å²) in [5.74, 6) is -0.752. The third kappa shape index (κ3) is 9.47. The minimum Gasteiger partial charge on any atom is -0.490 e. The Labute approximate surface area is 382 Å². The number of rotatable bonds is 9. The van der Waals surface area contributed by atoms with Gasteiger partial charge in [0.15, 0.2) is 0 Å². The number of hydrogen-bond acceptors (Lipinski definition) is 12. The second kappa shape index (κ2) is 19.1. The molecule has 0 radical (unpaired) electrons. The number of hydrogen-bond donors (Lipinski definition) is 1. The van der Waals surface area contributed by atoms with Gasteiger partial charge in [0.2, 0.25) is 5.88 Å². The number of carbonyl (C=O) groups is 2. The summed E-state index contributed by atoms with van der Waals surface area (Å²) in [6, 6.07) is 12.1. The molecule has 2 aliphatic carbocycles. The van der Waals surface area contributed by atoms with Crippen LogP contribution in [0.4, 0.5) is 5.69 Å². The van der Waals surface area contributed by atoms with Crippen LogP contribution in [0.1, 0.15) is 64.4 Å². The third-order valence-corrected chi connectivity index (χ3v) is 16.6. The highest BCUT2D eigenvalue weighted by Gasteiger charge is 2.45. The van der Waals surface area contributed by atoms with Crippen molar-refractivity contribution in [3.8, 4) is 11.6 Å². The number of nitrogens with zero attached hydrogens (tertiary/aromatic N) is 6. The highest BCUT2D eigenvalue weighted by atomic mass is 35.5. The number of fused-ring (bicyclic) bond motifs is 4. The minimum atomic E-state index is -3.79. The van der Waals surface area contributed by atoms with Crippen molar-refractivity contribution in [2.75, 3.05) is 97.1 Å². The molecule has 2 bridgehead atoms. The van der Waals surface area contributed by atoms with Gasteiger partial charge in [0.05, 0.1) is 63.2 Å². The molecule has 1 unspecified atom stereocenters. The molecule has 15 nitrogen and oxygen atoms in total. The van der Waals surface area contributed by atoms with Crippen LogP contribution < -0.4 is 19.1 Å². The van der Waals surface area contributed by atoms with Crippen molar-refractivity contribution in [1.29, 1.82) is 0 Å². The van der Waals surface area contributed by atoms with Crippen LogP contribution in [-0.2, 0) is 43.0 Å². The molecule has 64 heavy (non-hydrogen) atoms. The van der Waals surface area contributed by atoms with Crippen molar-refractivity contribution in [3.05, 3.63) is 82.0 Å². The normalized spacial score (nSPS) is 30.7. The Kier molecular flexibility index (Phi) is 13.4. The molecule has 346 valence electrons. The molecule has 2 aromatic carbocycles. The maximum absolute atomic E-state index is 15.3. The Bertz CT molecular complexity index is 2360. The standard InChI is InChI=1S/C47H62ClN7O8S/c1-31-28-64(58,51-45(57)38-25-52(2)49-46(38)60-4)50-44(56)33-8-12-43-40(23-33)55(29-47(30-63-43)15-5-6-32-22-35(48)9-11-39(32)47)24-34-7-10-37(34)42(59-3)14-13-41(31)62-21-20-53-16-18-54(19-17-53)36-26-61-27-36/h8-9,11-14,22-23,25,31,34,36-37,41-42H,5-7,10,15-21,24,26-30H2,1-4H3,(H,50,51,56,57,58)/b14-13-/t31-,34+,37-,41+,42+,47+,64?/m1/s1. The number of ether oxygens (including phenoxy) is 5. The Balaban J connectivity index is 1.06. The van der Waals surface area contributed by atoms with E-state index in [0.29, 0.717) is 37.5 Å². The number of aromatic nitrogens is 2. The predicted octanol–water partition coefficient (Wildman–Crippen LogP) is 5.16. The lowest BCUT2D eigenvalue weighted by atomic mass is 9.68. The lowest BCUT2D eigenvalue weighted by Gasteiger charge is -2.46. The van der Waals surface area contributed by atoms with E-state index in [1.165, 1.54) is 29.1 Å². The fourth-order valence-electron chi connectivity index (χ4n) is 10.6. The largest absolute Gasteiger partial charge is 0.490 e. The number of methoxy groups -OCH3 is 2. The van der Waals surface area contributed by atoms with Gasteiger partial charge in [-0.1, -0.05) is 36.7 Å². The van der Waals surface area contributed by atoms with Gasteiger partial charge in [-0.15, -0.1) is 9.46 Å². The van der Waals surface area contributed by atoms with Crippen LogP contribution in [-0.4, -0.2) is 146 Å². The fraction of sp³-hybridized carbons (Fsp3) is 0.596.